The van der Waals surface area contributed by atoms with Gasteiger partial charge < -0.3 is 9.47 Å². The van der Waals surface area contributed by atoms with Crippen molar-refractivity contribution in [2.75, 3.05) is 14.2 Å². The zero-order valence-electron chi connectivity index (χ0n) is 6.73. The molecule has 0 saturated carbocycles. The van der Waals surface area contributed by atoms with Crippen molar-refractivity contribution in [2.45, 2.75) is 0 Å². The van der Waals surface area contributed by atoms with Gasteiger partial charge in [-0.25, -0.2) is 0 Å². The van der Waals surface area contributed by atoms with Gasteiger partial charge in [0.05, 0.1) is 22.8 Å². The molecule has 0 radical (unpaired) electrons. The minimum Gasteiger partial charge on any atom is -0.493 e. The molecule has 0 atom stereocenters. The normalized spacial score (nSPS) is 9.67. The summed E-state index contributed by atoms with van der Waals surface area (Å²) in [7, 11) is 3.19. The number of ether oxygens (including phenoxy) is 2. The molecule has 4 heteroatoms. The summed E-state index contributed by atoms with van der Waals surface area (Å²) in [5, 5.41) is 0.674. The molecule has 0 heterocycles. The maximum atomic E-state index is 5.88. The third-order valence-corrected chi connectivity index (χ3v) is 3.14. The lowest BCUT2D eigenvalue weighted by atomic mass is 10.3. The summed E-state index contributed by atoms with van der Waals surface area (Å²) < 4.78 is 11.1. The Hall–Kier alpha value is -0.160. The molecule has 0 fully saturated rings. The Balaban J connectivity index is 3.25. The van der Waals surface area contributed by atoms with Crippen molar-refractivity contribution in [2.24, 2.45) is 0 Å². The van der Waals surface area contributed by atoms with E-state index in [1.54, 1.807) is 26.4 Å². The summed E-state index contributed by atoms with van der Waals surface area (Å²) in [5.74, 6) is 1.39. The lowest BCUT2D eigenvalue weighted by Crippen LogP contribution is -1.92. The van der Waals surface area contributed by atoms with Gasteiger partial charge in [0.15, 0.2) is 11.5 Å². The van der Waals surface area contributed by atoms with Crippen molar-refractivity contribution in [1.29, 1.82) is 0 Å². The minimum absolute atomic E-state index is 0.674. The van der Waals surface area contributed by atoms with Gasteiger partial charge in [0.25, 0.3) is 0 Å². The molecular formula is C8H8ClIO2. The molecule has 0 unspecified atom stereocenters. The van der Waals surface area contributed by atoms with E-state index in [0.717, 1.165) is 3.57 Å². The van der Waals surface area contributed by atoms with Crippen LogP contribution in [0.5, 0.6) is 11.5 Å². The molecule has 0 aromatic heterocycles. The standard InChI is InChI=1S/C8H8ClIO2/c1-11-6-4-3-5(9)7(10)8(6)12-2/h3-4H,1-2H3. The number of halogens is 2. The van der Waals surface area contributed by atoms with Crippen molar-refractivity contribution in [3.05, 3.63) is 20.7 Å². The fraction of sp³-hybridized carbons (Fsp3) is 0.250. The van der Waals surface area contributed by atoms with Gasteiger partial charge in [-0.3, -0.25) is 0 Å². The van der Waals surface area contributed by atoms with Gasteiger partial charge in [-0.15, -0.1) is 0 Å². The van der Waals surface area contributed by atoms with E-state index >= 15 is 0 Å². The van der Waals surface area contributed by atoms with Gasteiger partial charge in [-0.1, -0.05) is 11.6 Å². The topological polar surface area (TPSA) is 18.5 Å². The summed E-state index contributed by atoms with van der Waals surface area (Å²) in [5.41, 5.74) is 0. The van der Waals surface area contributed by atoms with Crippen molar-refractivity contribution in [1.82, 2.24) is 0 Å². The van der Waals surface area contributed by atoms with Crippen LogP contribution in [0.2, 0.25) is 5.02 Å². The molecule has 0 aliphatic rings. The predicted octanol–water partition coefficient (Wildman–Crippen LogP) is 2.96. The first-order valence-corrected chi connectivity index (χ1v) is 4.72. The van der Waals surface area contributed by atoms with Gasteiger partial charge in [0, 0.05) is 0 Å². The van der Waals surface area contributed by atoms with Crippen molar-refractivity contribution in [3.8, 4) is 11.5 Å². The van der Waals surface area contributed by atoms with E-state index in [-0.39, 0.29) is 0 Å². The molecule has 0 spiro atoms. The number of hydrogen-bond acceptors (Lipinski definition) is 2. The predicted molar refractivity (Wildman–Crippen MR) is 57.3 cm³/mol. The first-order chi connectivity index (χ1) is 5.70. The molecule has 2 nitrogen and oxygen atoms in total. The van der Waals surface area contributed by atoms with Crippen LogP contribution in [0.1, 0.15) is 0 Å². The Bertz CT molecular complexity index is 289. The second-order valence-corrected chi connectivity index (χ2v) is 3.58. The zero-order chi connectivity index (χ0) is 9.14. The molecule has 0 aliphatic carbocycles. The lowest BCUT2D eigenvalue weighted by Gasteiger charge is -2.09. The van der Waals surface area contributed by atoms with Crippen molar-refractivity contribution >= 4 is 34.2 Å². The van der Waals surface area contributed by atoms with Crippen LogP contribution in [0.3, 0.4) is 0 Å². The Kier molecular flexibility index (Phi) is 3.46. The minimum atomic E-state index is 0.674. The van der Waals surface area contributed by atoms with Crippen LogP contribution < -0.4 is 9.47 Å². The quantitative estimate of drug-likeness (QED) is 0.782. The Morgan fingerprint density at radius 2 is 1.92 bits per heavy atom. The Morgan fingerprint density at radius 1 is 1.25 bits per heavy atom. The lowest BCUT2D eigenvalue weighted by molar-refractivity contribution is 0.353. The first kappa shape index (κ1) is 9.92. The van der Waals surface area contributed by atoms with E-state index in [1.807, 2.05) is 0 Å². The summed E-state index contributed by atoms with van der Waals surface area (Å²) in [4.78, 5) is 0. The summed E-state index contributed by atoms with van der Waals surface area (Å²) in [6.07, 6.45) is 0. The van der Waals surface area contributed by atoms with Crippen LogP contribution >= 0.6 is 34.2 Å². The van der Waals surface area contributed by atoms with E-state index in [0.29, 0.717) is 16.5 Å². The van der Waals surface area contributed by atoms with Crippen LogP contribution in [0.4, 0.5) is 0 Å². The maximum absolute atomic E-state index is 5.88. The summed E-state index contributed by atoms with van der Waals surface area (Å²) >= 11 is 8.00. The van der Waals surface area contributed by atoms with Crippen molar-refractivity contribution < 1.29 is 9.47 Å². The average molecular weight is 299 g/mol. The zero-order valence-corrected chi connectivity index (χ0v) is 9.64. The SMILES string of the molecule is COc1ccc(Cl)c(I)c1OC. The average Bonchev–Trinajstić information content (AvgIpc) is 2.09. The third-order valence-electron chi connectivity index (χ3n) is 1.44. The summed E-state index contributed by atoms with van der Waals surface area (Å²) in [6.45, 7) is 0. The largest absolute Gasteiger partial charge is 0.493 e. The maximum Gasteiger partial charge on any atom is 0.175 e. The Morgan fingerprint density at radius 3 is 2.42 bits per heavy atom. The molecule has 1 aromatic carbocycles. The fourth-order valence-electron chi connectivity index (χ4n) is 0.865. The fourth-order valence-corrected chi connectivity index (χ4v) is 1.68. The van der Waals surface area contributed by atoms with E-state index in [9.17, 15) is 0 Å². The van der Waals surface area contributed by atoms with Crippen LogP contribution in [-0.4, -0.2) is 14.2 Å². The number of rotatable bonds is 2. The summed E-state index contributed by atoms with van der Waals surface area (Å²) in [6, 6.07) is 3.56. The van der Waals surface area contributed by atoms with Gasteiger partial charge in [-0.05, 0) is 34.7 Å². The molecular weight excluding hydrogens is 290 g/mol. The van der Waals surface area contributed by atoms with E-state index in [4.69, 9.17) is 21.1 Å². The molecule has 0 saturated heterocycles. The third kappa shape index (κ3) is 1.77. The monoisotopic (exact) mass is 298 g/mol. The molecule has 66 valence electrons. The number of benzene rings is 1. The smallest absolute Gasteiger partial charge is 0.175 e. The van der Waals surface area contributed by atoms with Gasteiger partial charge in [0.1, 0.15) is 0 Å². The molecule has 0 N–H and O–H groups in total. The van der Waals surface area contributed by atoms with Gasteiger partial charge in [-0.2, -0.15) is 0 Å². The molecule has 0 bridgehead atoms. The highest BCUT2D eigenvalue weighted by Crippen LogP contribution is 2.36. The van der Waals surface area contributed by atoms with E-state index < -0.39 is 0 Å². The number of hydrogen-bond donors (Lipinski definition) is 0. The second-order valence-electron chi connectivity index (χ2n) is 2.10. The van der Waals surface area contributed by atoms with Crippen LogP contribution in [0.15, 0.2) is 12.1 Å². The van der Waals surface area contributed by atoms with Crippen LogP contribution in [0, 0.1) is 3.57 Å². The highest BCUT2D eigenvalue weighted by molar-refractivity contribution is 14.1. The molecule has 0 aliphatic heterocycles. The van der Waals surface area contributed by atoms with Gasteiger partial charge >= 0.3 is 0 Å². The molecule has 1 rings (SSSR count). The van der Waals surface area contributed by atoms with Gasteiger partial charge in [0.2, 0.25) is 0 Å². The highest BCUT2D eigenvalue weighted by Gasteiger charge is 2.10. The first-order valence-electron chi connectivity index (χ1n) is 3.26. The second kappa shape index (κ2) is 4.18. The number of methoxy groups -OCH3 is 2. The molecule has 0 amide bonds. The van der Waals surface area contributed by atoms with E-state index in [1.165, 1.54) is 0 Å². The molecule has 1 aromatic rings. The Labute approximate surface area is 90.0 Å². The van der Waals surface area contributed by atoms with Crippen molar-refractivity contribution in [3.63, 3.8) is 0 Å². The van der Waals surface area contributed by atoms with Crippen LogP contribution in [-0.2, 0) is 0 Å². The molecule has 12 heavy (non-hydrogen) atoms. The highest BCUT2D eigenvalue weighted by atomic mass is 127. The van der Waals surface area contributed by atoms with E-state index in [2.05, 4.69) is 22.6 Å². The van der Waals surface area contributed by atoms with Crippen LogP contribution in [0.25, 0.3) is 0 Å².